The van der Waals surface area contributed by atoms with Crippen LogP contribution in [0.1, 0.15) is 42.1 Å². The SMILES string of the molecule is Cc1nc(CC(=O)c2cc3c(s2)CCC3)sc1C. The van der Waals surface area contributed by atoms with Gasteiger partial charge in [-0.2, -0.15) is 0 Å². The largest absolute Gasteiger partial charge is 0.293 e. The lowest BCUT2D eigenvalue weighted by Gasteiger charge is -1.94. The Labute approximate surface area is 115 Å². The molecule has 18 heavy (non-hydrogen) atoms. The maximum absolute atomic E-state index is 12.2. The summed E-state index contributed by atoms with van der Waals surface area (Å²) in [6.45, 7) is 4.06. The van der Waals surface area contributed by atoms with Gasteiger partial charge in [-0.1, -0.05) is 0 Å². The number of thiazole rings is 1. The number of aromatic nitrogens is 1. The molecule has 0 saturated carbocycles. The first kappa shape index (κ1) is 12.1. The predicted molar refractivity (Wildman–Crippen MR) is 76.0 cm³/mol. The zero-order chi connectivity index (χ0) is 12.7. The highest BCUT2D eigenvalue weighted by atomic mass is 32.1. The number of carbonyl (C=O) groups is 1. The third-order valence-corrected chi connectivity index (χ3v) is 5.76. The van der Waals surface area contributed by atoms with Crippen molar-refractivity contribution in [3.63, 3.8) is 0 Å². The zero-order valence-electron chi connectivity index (χ0n) is 10.6. The molecule has 0 atom stereocenters. The summed E-state index contributed by atoms with van der Waals surface area (Å²) >= 11 is 3.33. The van der Waals surface area contributed by atoms with Crippen LogP contribution in [0, 0.1) is 13.8 Å². The van der Waals surface area contributed by atoms with E-state index in [1.54, 1.807) is 22.7 Å². The molecule has 3 rings (SSSR count). The van der Waals surface area contributed by atoms with Crippen LogP contribution >= 0.6 is 22.7 Å². The molecular weight excluding hydrogens is 262 g/mol. The number of nitrogens with zero attached hydrogens (tertiary/aromatic N) is 1. The molecule has 0 bridgehead atoms. The third kappa shape index (κ3) is 2.15. The first-order chi connectivity index (χ1) is 8.63. The van der Waals surface area contributed by atoms with Crippen LogP contribution in [0.25, 0.3) is 0 Å². The van der Waals surface area contributed by atoms with Crippen LogP contribution in [0.3, 0.4) is 0 Å². The van der Waals surface area contributed by atoms with Crippen molar-refractivity contribution in [3.8, 4) is 0 Å². The van der Waals surface area contributed by atoms with Crippen LogP contribution < -0.4 is 0 Å². The van der Waals surface area contributed by atoms with E-state index in [-0.39, 0.29) is 5.78 Å². The Hall–Kier alpha value is -1.00. The van der Waals surface area contributed by atoms with E-state index >= 15 is 0 Å². The number of rotatable bonds is 3. The van der Waals surface area contributed by atoms with Crippen molar-refractivity contribution in [3.05, 3.63) is 37.0 Å². The highest BCUT2D eigenvalue weighted by molar-refractivity contribution is 7.14. The Bertz CT molecular complexity index is 568. The Kier molecular flexibility index (Phi) is 3.08. The Morgan fingerprint density at radius 2 is 2.17 bits per heavy atom. The van der Waals surface area contributed by atoms with Crippen molar-refractivity contribution in [2.24, 2.45) is 0 Å². The topological polar surface area (TPSA) is 30.0 Å². The van der Waals surface area contributed by atoms with Crippen molar-refractivity contribution in [2.75, 3.05) is 0 Å². The first-order valence-corrected chi connectivity index (χ1v) is 7.84. The molecule has 2 aromatic heterocycles. The minimum absolute atomic E-state index is 0.225. The molecule has 0 saturated heterocycles. The molecule has 0 fully saturated rings. The zero-order valence-corrected chi connectivity index (χ0v) is 12.2. The fourth-order valence-corrected chi connectivity index (χ4v) is 4.43. The molecule has 4 heteroatoms. The number of thiophene rings is 1. The van der Waals surface area contributed by atoms with Gasteiger partial charge in [-0.3, -0.25) is 4.79 Å². The minimum atomic E-state index is 0.225. The molecule has 1 aliphatic carbocycles. The smallest absolute Gasteiger partial charge is 0.179 e. The van der Waals surface area contributed by atoms with Crippen LogP contribution in [0.5, 0.6) is 0 Å². The molecule has 0 spiro atoms. The van der Waals surface area contributed by atoms with Gasteiger partial charge in [0.15, 0.2) is 5.78 Å². The second kappa shape index (κ2) is 4.59. The number of hydrogen-bond acceptors (Lipinski definition) is 4. The van der Waals surface area contributed by atoms with E-state index in [0.717, 1.165) is 28.4 Å². The Morgan fingerprint density at radius 3 is 2.83 bits per heavy atom. The van der Waals surface area contributed by atoms with Crippen LogP contribution in [0.2, 0.25) is 0 Å². The molecule has 2 aromatic rings. The van der Waals surface area contributed by atoms with E-state index in [0.29, 0.717) is 6.42 Å². The van der Waals surface area contributed by atoms with E-state index in [1.165, 1.54) is 21.7 Å². The Balaban J connectivity index is 1.78. The summed E-state index contributed by atoms with van der Waals surface area (Å²) in [7, 11) is 0. The van der Waals surface area contributed by atoms with Gasteiger partial charge in [-0.25, -0.2) is 4.98 Å². The Morgan fingerprint density at radius 1 is 1.33 bits per heavy atom. The van der Waals surface area contributed by atoms with Crippen molar-refractivity contribution in [2.45, 2.75) is 39.5 Å². The van der Waals surface area contributed by atoms with Gasteiger partial charge >= 0.3 is 0 Å². The number of fused-ring (bicyclic) bond motifs is 1. The molecule has 0 N–H and O–H groups in total. The van der Waals surface area contributed by atoms with E-state index in [4.69, 9.17) is 0 Å². The van der Waals surface area contributed by atoms with Crippen molar-refractivity contribution < 1.29 is 4.79 Å². The number of carbonyl (C=O) groups excluding carboxylic acids is 1. The standard InChI is InChI=1S/C14H15NOS2/c1-8-9(2)17-14(15-8)7-11(16)13-6-10-4-3-5-12(10)18-13/h6H,3-5,7H2,1-2H3. The van der Waals surface area contributed by atoms with Gasteiger partial charge < -0.3 is 0 Å². The molecular formula is C14H15NOS2. The summed E-state index contributed by atoms with van der Waals surface area (Å²) in [5.41, 5.74) is 2.45. The lowest BCUT2D eigenvalue weighted by molar-refractivity contribution is 0.0996. The van der Waals surface area contributed by atoms with Gasteiger partial charge in [0.05, 0.1) is 17.0 Å². The second-order valence-corrected chi connectivity index (χ2v) is 7.19. The van der Waals surface area contributed by atoms with Crippen molar-refractivity contribution >= 4 is 28.5 Å². The molecule has 94 valence electrons. The summed E-state index contributed by atoms with van der Waals surface area (Å²) in [6, 6.07) is 2.10. The highest BCUT2D eigenvalue weighted by Gasteiger charge is 2.19. The molecule has 0 aliphatic heterocycles. The van der Waals surface area contributed by atoms with Gasteiger partial charge in [-0.05, 0) is 44.7 Å². The number of aryl methyl sites for hydroxylation is 4. The molecule has 0 aromatic carbocycles. The molecule has 1 aliphatic rings. The quantitative estimate of drug-likeness (QED) is 0.800. The maximum Gasteiger partial charge on any atom is 0.179 e. The van der Waals surface area contributed by atoms with Gasteiger partial charge in [0.2, 0.25) is 0 Å². The molecule has 2 nitrogen and oxygen atoms in total. The van der Waals surface area contributed by atoms with Gasteiger partial charge in [0.1, 0.15) is 5.01 Å². The van der Waals surface area contributed by atoms with Crippen LogP contribution in [0.15, 0.2) is 6.07 Å². The molecule has 2 heterocycles. The van der Waals surface area contributed by atoms with E-state index in [9.17, 15) is 4.79 Å². The molecule has 0 unspecified atom stereocenters. The van der Waals surface area contributed by atoms with Crippen LogP contribution in [0.4, 0.5) is 0 Å². The van der Waals surface area contributed by atoms with Gasteiger partial charge in [-0.15, -0.1) is 22.7 Å². The summed E-state index contributed by atoms with van der Waals surface area (Å²) < 4.78 is 0. The number of Topliss-reactive ketones (excluding diaryl/α,β-unsaturated/α-hetero) is 1. The fraction of sp³-hybridized carbons (Fsp3) is 0.429. The van der Waals surface area contributed by atoms with Gasteiger partial charge in [0, 0.05) is 9.75 Å². The average Bonchev–Trinajstić information content (AvgIpc) is 2.94. The van der Waals surface area contributed by atoms with E-state index in [1.807, 2.05) is 6.92 Å². The van der Waals surface area contributed by atoms with E-state index in [2.05, 4.69) is 18.0 Å². The van der Waals surface area contributed by atoms with Crippen LogP contribution in [-0.2, 0) is 19.3 Å². The number of ketones is 1. The maximum atomic E-state index is 12.2. The monoisotopic (exact) mass is 277 g/mol. The average molecular weight is 277 g/mol. The second-order valence-electron chi connectivity index (χ2n) is 4.76. The highest BCUT2D eigenvalue weighted by Crippen LogP contribution is 2.31. The molecule has 0 amide bonds. The fourth-order valence-electron chi connectivity index (χ4n) is 2.31. The lowest BCUT2D eigenvalue weighted by Crippen LogP contribution is -2.00. The minimum Gasteiger partial charge on any atom is -0.293 e. The van der Waals surface area contributed by atoms with Crippen molar-refractivity contribution in [1.82, 2.24) is 4.98 Å². The first-order valence-electron chi connectivity index (χ1n) is 6.21. The summed E-state index contributed by atoms with van der Waals surface area (Å²) in [5, 5.41) is 0.948. The third-order valence-electron chi connectivity index (χ3n) is 3.41. The normalized spacial score (nSPS) is 13.9. The summed E-state index contributed by atoms with van der Waals surface area (Å²) in [5.74, 6) is 0.225. The van der Waals surface area contributed by atoms with E-state index < -0.39 is 0 Å². The molecule has 0 radical (unpaired) electrons. The lowest BCUT2D eigenvalue weighted by atomic mass is 10.2. The van der Waals surface area contributed by atoms with Gasteiger partial charge in [0.25, 0.3) is 0 Å². The summed E-state index contributed by atoms with van der Waals surface area (Å²) in [6.07, 6.45) is 4.01. The number of hydrogen-bond donors (Lipinski definition) is 0. The predicted octanol–water partition coefficient (Wildman–Crippen LogP) is 3.74. The van der Waals surface area contributed by atoms with Crippen molar-refractivity contribution in [1.29, 1.82) is 0 Å². The summed E-state index contributed by atoms with van der Waals surface area (Å²) in [4.78, 5) is 20.2. The van der Waals surface area contributed by atoms with Crippen LogP contribution in [-0.4, -0.2) is 10.8 Å².